The number of benzene rings is 1. The van der Waals surface area contributed by atoms with Crippen LogP contribution in [-0.4, -0.2) is 31.3 Å². The van der Waals surface area contributed by atoms with Crippen LogP contribution in [0.15, 0.2) is 24.3 Å². The summed E-state index contributed by atoms with van der Waals surface area (Å²) in [5.41, 5.74) is 6.62. The van der Waals surface area contributed by atoms with Crippen LogP contribution in [-0.2, 0) is 6.54 Å². The molecule has 1 heterocycles. The number of anilines is 1. The molecule has 0 fully saturated rings. The second-order valence-electron chi connectivity index (χ2n) is 3.20. The number of carbonyl (C=O) groups is 1. The van der Waals surface area contributed by atoms with Crippen LogP contribution in [0.4, 0.5) is 5.95 Å². The zero-order chi connectivity index (χ0) is 11.5. The summed E-state index contributed by atoms with van der Waals surface area (Å²) in [6.07, 6.45) is 0. The summed E-state index contributed by atoms with van der Waals surface area (Å²) >= 11 is 0. The molecule has 2 aromatic rings. The number of carboxylic acids is 1. The lowest BCUT2D eigenvalue weighted by molar-refractivity contribution is 0.0697. The molecule has 3 N–H and O–H groups in total. The van der Waals surface area contributed by atoms with Gasteiger partial charge in [-0.05, 0) is 28.1 Å². The monoisotopic (exact) mass is 219 g/mol. The third kappa shape index (κ3) is 1.97. The van der Waals surface area contributed by atoms with Gasteiger partial charge in [-0.15, -0.1) is 0 Å². The molecule has 1 aromatic heterocycles. The minimum absolute atomic E-state index is 0.224. The van der Waals surface area contributed by atoms with Crippen molar-refractivity contribution in [2.45, 2.75) is 6.54 Å². The van der Waals surface area contributed by atoms with Gasteiger partial charge in [0, 0.05) is 0 Å². The molecule has 0 unspecified atom stereocenters. The first-order chi connectivity index (χ1) is 7.66. The maximum Gasteiger partial charge on any atom is 0.335 e. The molecule has 0 spiro atoms. The highest BCUT2D eigenvalue weighted by atomic mass is 16.4. The predicted octanol–water partition coefficient (Wildman–Crippen LogP) is 0.00180. The van der Waals surface area contributed by atoms with E-state index in [2.05, 4.69) is 15.5 Å². The van der Waals surface area contributed by atoms with Crippen molar-refractivity contribution in [1.29, 1.82) is 0 Å². The highest BCUT2D eigenvalue weighted by Crippen LogP contribution is 2.07. The normalized spacial score (nSPS) is 10.2. The number of nitrogen functional groups attached to an aromatic ring is 1. The smallest absolute Gasteiger partial charge is 0.335 e. The Kier molecular flexibility index (Phi) is 2.50. The fourth-order valence-electron chi connectivity index (χ4n) is 1.25. The van der Waals surface area contributed by atoms with Gasteiger partial charge in [-0.3, -0.25) is 0 Å². The molecule has 0 saturated carbocycles. The zero-order valence-electron chi connectivity index (χ0n) is 8.24. The van der Waals surface area contributed by atoms with Crippen molar-refractivity contribution in [2.24, 2.45) is 0 Å². The zero-order valence-corrected chi connectivity index (χ0v) is 8.24. The maximum atomic E-state index is 10.6. The van der Waals surface area contributed by atoms with Gasteiger partial charge in [-0.1, -0.05) is 17.2 Å². The first kappa shape index (κ1) is 10.1. The summed E-state index contributed by atoms with van der Waals surface area (Å²) in [4.78, 5) is 10.6. The topological polar surface area (TPSA) is 107 Å². The molecule has 1 aromatic carbocycles. The van der Waals surface area contributed by atoms with E-state index in [0.717, 1.165) is 5.56 Å². The van der Waals surface area contributed by atoms with E-state index in [9.17, 15) is 4.79 Å². The Hall–Kier alpha value is -2.44. The number of hydrogen-bond donors (Lipinski definition) is 2. The van der Waals surface area contributed by atoms with Gasteiger partial charge in [0.1, 0.15) is 0 Å². The third-order valence-electron chi connectivity index (χ3n) is 2.09. The Labute approximate surface area is 90.5 Å². The number of rotatable bonds is 3. The highest BCUT2D eigenvalue weighted by Gasteiger charge is 2.04. The SMILES string of the molecule is Nc1nnnn1Cc1ccc(C(=O)O)cc1. The van der Waals surface area contributed by atoms with E-state index >= 15 is 0 Å². The van der Waals surface area contributed by atoms with Crippen LogP contribution < -0.4 is 5.73 Å². The van der Waals surface area contributed by atoms with E-state index < -0.39 is 5.97 Å². The van der Waals surface area contributed by atoms with Crippen molar-refractivity contribution in [3.8, 4) is 0 Å². The van der Waals surface area contributed by atoms with E-state index in [0.29, 0.717) is 6.54 Å². The Bertz CT molecular complexity index is 505. The molecule has 0 bridgehead atoms. The molecule has 0 aliphatic carbocycles. The molecule has 7 heteroatoms. The van der Waals surface area contributed by atoms with Crippen LogP contribution >= 0.6 is 0 Å². The molecule has 16 heavy (non-hydrogen) atoms. The summed E-state index contributed by atoms with van der Waals surface area (Å²) in [6, 6.07) is 6.45. The second-order valence-corrected chi connectivity index (χ2v) is 3.20. The van der Waals surface area contributed by atoms with Gasteiger partial charge >= 0.3 is 5.97 Å². The average Bonchev–Trinajstić information content (AvgIpc) is 2.65. The standard InChI is InChI=1S/C9H9N5O2/c10-9-11-12-13-14(9)5-6-1-3-7(4-2-6)8(15)16/h1-4H,5H2,(H,15,16)(H2,10,11,13). The lowest BCUT2D eigenvalue weighted by Crippen LogP contribution is -2.06. The van der Waals surface area contributed by atoms with Gasteiger partial charge < -0.3 is 10.8 Å². The van der Waals surface area contributed by atoms with Crippen LogP contribution in [0.25, 0.3) is 0 Å². The fraction of sp³-hybridized carbons (Fsp3) is 0.111. The average molecular weight is 219 g/mol. The van der Waals surface area contributed by atoms with Crippen molar-refractivity contribution in [3.63, 3.8) is 0 Å². The first-order valence-corrected chi connectivity index (χ1v) is 4.50. The van der Waals surface area contributed by atoms with E-state index in [4.69, 9.17) is 10.8 Å². The minimum Gasteiger partial charge on any atom is -0.478 e. The number of nitrogens with zero attached hydrogens (tertiary/aromatic N) is 4. The summed E-state index contributed by atoms with van der Waals surface area (Å²) in [5.74, 6) is -0.726. The lowest BCUT2D eigenvalue weighted by atomic mass is 10.1. The number of nitrogens with two attached hydrogens (primary N) is 1. The maximum absolute atomic E-state index is 10.6. The van der Waals surface area contributed by atoms with Crippen molar-refractivity contribution in [3.05, 3.63) is 35.4 Å². The quantitative estimate of drug-likeness (QED) is 0.752. The predicted molar refractivity (Wildman–Crippen MR) is 54.7 cm³/mol. The molecule has 7 nitrogen and oxygen atoms in total. The fourth-order valence-corrected chi connectivity index (χ4v) is 1.25. The molecule has 2 rings (SSSR count). The van der Waals surface area contributed by atoms with Crippen LogP contribution in [0.2, 0.25) is 0 Å². The minimum atomic E-state index is -0.950. The van der Waals surface area contributed by atoms with Crippen LogP contribution in [0.5, 0.6) is 0 Å². The Morgan fingerprint density at radius 2 is 2.06 bits per heavy atom. The molecule has 0 saturated heterocycles. The van der Waals surface area contributed by atoms with Gasteiger partial charge in [0.15, 0.2) is 0 Å². The van der Waals surface area contributed by atoms with Crippen LogP contribution in [0, 0.1) is 0 Å². The van der Waals surface area contributed by atoms with Gasteiger partial charge in [0.2, 0.25) is 5.95 Å². The first-order valence-electron chi connectivity index (χ1n) is 4.50. The highest BCUT2D eigenvalue weighted by molar-refractivity contribution is 5.87. The Morgan fingerprint density at radius 1 is 1.38 bits per heavy atom. The van der Waals surface area contributed by atoms with Crippen molar-refractivity contribution in [1.82, 2.24) is 20.2 Å². The second kappa shape index (κ2) is 3.97. The number of aromatic carboxylic acids is 1. The molecule has 0 amide bonds. The Morgan fingerprint density at radius 3 is 2.56 bits per heavy atom. The van der Waals surface area contributed by atoms with E-state index in [1.165, 1.54) is 16.8 Å². The van der Waals surface area contributed by atoms with Gasteiger partial charge in [-0.2, -0.15) is 0 Å². The summed E-state index contributed by atoms with van der Waals surface area (Å²) in [5, 5.41) is 19.4. The van der Waals surface area contributed by atoms with E-state index in [1.807, 2.05) is 0 Å². The molecule has 0 aliphatic heterocycles. The third-order valence-corrected chi connectivity index (χ3v) is 2.09. The molecule has 0 atom stereocenters. The van der Waals surface area contributed by atoms with Crippen LogP contribution in [0.1, 0.15) is 15.9 Å². The summed E-state index contributed by atoms with van der Waals surface area (Å²) < 4.78 is 1.43. The molecule has 82 valence electrons. The van der Waals surface area contributed by atoms with Gasteiger partial charge in [0.05, 0.1) is 12.1 Å². The van der Waals surface area contributed by atoms with Gasteiger partial charge in [-0.25, -0.2) is 9.48 Å². The summed E-state index contributed by atoms with van der Waals surface area (Å²) in [7, 11) is 0. The molecule has 0 aliphatic rings. The van der Waals surface area contributed by atoms with Gasteiger partial charge in [0.25, 0.3) is 0 Å². The lowest BCUT2D eigenvalue weighted by Gasteiger charge is -2.02. The summed E-state index contributed by atoms with van der Waals surface area (Å²) in [6.45, 7) is 0.415. The van der Waals surface area contributed by atoms with Crippen molar-refractivity contribution < 1.29 is 9.90 Å². The number of hydrogen-bond acceptors (Lipinski definition) is 5. The number of aromatic nitrogens is 4. The van der Waals surface area contributed by atoms with E-state index in [1.54, 1.807) is 12.1 Å². The number of carboxylic acid groups (broad SMARTS) is 1. The Balaban J connectivity index is 2.17. The van der Waals surface area contributed by atoms with Crippen molar-refractivity contribution >= 4 is 11.9 Å². The van der Waals surface area contributed by atoms with E-state index in [-0.39, 0.29) is 11.5 Å². The molecule has 0 radical (unpaired) electrons. The van der Waals surface area contributed by atoms with Crippen molar-refractivity contribution in [2.75, 3.05) is 5.73 Å². The number of tetrazole rings is 1. The molecular formula is C9H9N5O2. The largest absolute Gasteiger partial charge is 0.478 e. The molecular weight excluding hydrogens is 210 g/mol. The van der Waals surface area contributed by atoms with Crippen LogP contribution in [0.3, 0.4) is 0 Å².